The molecule has 2 aromatic rings. The fourth-order valence-corrected chi connectivity index (χ4v) is 2.74. The molecule has 0 spiro atoms. The van der Waals surface area contributed by atoms with Gasteiger partial charge in [0.25, 0.3) is 0 Å². The molecule has 0 radical (unpaired) electrons. The van der Waals surface area contributed by atoms with E-state index >= 15 is 0 Å². The normalized spacial score (nSPS) is 12.6. The van der Waals surface area contributed by atoms with Gasteiger partial charge in [0.05, 0.1) is 21.7 Å². The molecule has 0 aliphatic carbocycles. The molecule has 0 saturated carbocycles. The quantitative estimate of drug-likeness (QED) is 0.515. The van der Waals surface area contributed by atoms with Gasteiger partial charge >= 0.3 is 12.1 Å². The van der Waals surface area contributed by atoms with Crippen molar-refractivity contribution in [3.63, 3.8) is 0 Å². The molecule has 2 rings (SSSR count). The standard InChI is InChI=1S/C19H17Cl2F3O4/c1-11(2)27-18(25)16(28-13-6-4-3-5-7-13)10-26-17-14(20)8-12(9-15(17)21)19(22,23)24/h3-9,11,16H,10H2,1-2H3. The molecule has 0 aromatic heterocycles. The predicted molar refractivity (Wildman–Crippen MR) is 99.0 cm³/mol. The lowest BCUT2D eigenvalue weighted by atomic mass is 10.2. The van der Waals surface area contributed by atoms with Crippen LogP contribution in [0.5, 0.6) is 11.5 Å². The van der Waals surface area contributed by atoms with Crippen molar-refractivity contribution >= 4 is 29.2 Å². The molecule has 28 heavy (non-hydrogen) atoms. The van der Waals surface area contributed by atoms with Crippen molar-refractivity contribution < 1.29 is 32.2 Å². The molecule has 0 N–H and O–H groups in total. The van der Waals surface area contributed by atoms with Gasteiger partial charge in [0.15, 0.2) is 5.75 Å². The summed E-state index contributed by atoms with van der Waals surface area (Å²) in [4.78, 5) is 12.3. The second-order valence-corrected chi connectivity index (χ2v) is 6.80. The SMILES string of the molecule is CC(C)OC(=O)C(COc1c(Cl)cc(C(F)(F)F)cc1Cl)Oc1ccccc1. The molecule has 152 valence electrons. The first-order valence-electron chi connectivity index (χ1n) is 8.19. The average molecular weight is 437 g/mol. The maximum Gasteiger partial charge on any atom is 0.416 e. The predicted octanol–water partition coefficient (Wildman–Crippen LogP) is 5.79. The number of hydrogen-bond donors (Lipinski definition) is 0. The Kier molecular flexibility index (Phi) is 7.43. The Morgan fingerprint density at radius 2 is 1.64 bits per heavy atom. The maximum absolute atomic E-state index is 12.8. The number of para-hydroxylation sites is 1. The number of alkyl halides is 3. The Morgan fingerprint density at radius 1 is 1.07 bits per heavy atom. The molecule has 1 unspecified atom stereocenters. The topological polar surface area (TPSA) is 44.8 Å². The van der Waals surface area contributed by atoms with Crippen molar-refractivity contribution in [2.75, 3.05) is 6.61 Å². The molecule has 9 heteroatoms. The summed E-state index contributed by atoms with van der Waals surface area (Å²) < 4.78 is 54.6. The molecule has 0 amide bonds. The van der Waals surface area contributed by atoms with Gasteiger partial charge in [-0.1, -0.05) is 41.4 Å². The average Bonchev–Trinajstić information content (AvgIpc) is 2.59. The lowest BCUT2D eigenvalue weighted by Crippen LogP contribution is -2.36. The molecule has 0 saturated heterocycles. The first kappa shape index (κ1) is 22.2. The van der Waals surface area contributed by atoms with E-state index < -0.39 is 29.9 Å². The number of benzene rings is 2. The van der Waals surface area contributed by atoms with Gasteiger partial charge < -0.3 is 14.2 Å². The van der Waals surface area contributed by atoms with Gasteiger partial charge in [-0.25, -0.2) is 4.79 Å². The number of halogens is 5. The van der Waals surface area contributed by atoms with Gasteiger partial charge in [0, 0.05) is 0 Å². The highest BCUT2D eigenvalue weighted by atomic mass is 35.5. The van der Waals surface area contributed by atoms with Crippen LogP contribution in [-0.2, 0) is 15.7 Å². The van der Waals surface area contributed by atoms with E-state index in [1.807, 2.05) is 0 Å². The summed E-state index contributed by atoms with van der Waals surface area (Å²) in [5, 5.41) is -0.675. The summed E-state index contributed by atoms with van der Waals surface area (Å²) in [6, 6.07) is 9.85. The van der Waals surface area contributed by atoms with Crippen LogP contribution >= 0.6 is 23.2 Å². The minimum absolute atomic E-state index is 0.185. The first-order chi connectivity index (χ1) is 13.1. The molecule has 1 atom stereocenters. The molecular weight excluding hydrogens is 420 g/mol. The monoisotopic (exact) mass is 436 g/mol. The largest absolute Gasteiger partial charge is 0.486 e. The molecule has 0 aliphatic heterocycles. The van der Waals surface area contributed by atoms with Gasteiger partial charge in [-0.15, -0.1) is 0 Å². The number of hydrogen-bond acceptors (Lipinski definition) is 4. The highest BCUT2D eigenvalue weighted by Gasteiger charge is 2.33. The van der Waals surface area contributed by atoms with Crippen molar-refractivity contribution in [2.45, 2.75) is 32.2 Å². The van der Waals surface area contributed by atoms with Gasteiger partial charge in [-0.3, -0.25) is 0 Å². The van der Waals surface area contributed by atoms with Gasteiger partial charge in [-0.05, 0) is 38.1 Å². The van der Waals surface area contributed by atoms with E-state index in [1.165, 1.54) is 0 Å². The number of esters is 1. The number of carbonyl (C=O) groups excluding carboxylic acids is 1. The van der Waals surface area contributed by atoms with Gasteiger partial charge in [-0.2, -0.15) is 13.2 Å². The van der Waals surface area contributed by atoms with Crippen molar-refractivity contribution in [3.05, 3.63) is 58.1 Å². The summed E-state index contributed by atoms with van der Waals surface area (Å²) in [6.07, 6.45) is -6.18. The van der Waals surface area contributed by atoms with Crippen molar-refractivity contribution in [3.8, 4) is 11.5 Å². The van der Waals surface area contributed by atoms with Gasteiger partial charge in [0.1, 0.15) is 12.4 Å². The molecule has 4 nitrogen and oxygen atoms in total. The molecule has 0 bridgehead atoms. The Hall–Kier alpha value is -2.12. The molecular formula is C19H17Cl2F3O4. The minimum Gasteiger partial charge on any atom is -0.486 e. The summed E-state index contributed by atoms with van der Waals surface area (Å²) in [6.45, 7) is 2.97. The third kappa shape index (κ3) is 6.21. The van der Waals surface area contributed by atoms with E-state index in [2.05, 4.69) is 0 Å². The zero-order valence-corrected chi connectivity index (χ0v) is 16.4. The van der Waals surface area contributed by atoms with Crippen molar-refractivity contribution in [1.82, 2.24) is 0 Å². The van der Waals surface area contributed by atoms with Gasteiger partial charge in [0.2, 0.25) is 6.10 Å². The fraction of sp³-hybridized carbons (Fsp3) is 0.316. The first-order valence-corrected chi connectivity index (χ1v) is 8.94. The Bertz CT molecular complexity index is 788. The Balaban J connectivity index is 2.19. The fourth-order valence-electron chi connectivity index (χ4n) is 2.14. The summed E-state index contributed by atoms with van der Waals surface area (Å²) in [5.74, 6) is -0.491. The smallest absolute Gasteiger partial charge is 0.416 e. The number of rotatable bonds is 7. The second-order valence-electron chi connectivity index (χ2n) is 5.98. The highest BCUT2D eigenvalue weighted by molar-refractivity contribution is 6.37. The van der Waals surface area contributed by atoms with Crippen LogP contribution in [0.4, 0.5) is 13.2 Å². The maximum atomic E-state index is 12.8. The van der Waals surface area contributed by atoms with E-state index in [0.29, 0.717) is 17.9 Å². The second kappa shape index (κ2) is 9.39. The number of ether oxygens (including phenoxy) is 3. The van der Waals surface area contributed by atoms with Crippen LogP contribution in [0.15, 0.2) is 42.5 Å². The van der Waals surface area contributed by atoms with Crippen LogP contribution in [0.1, 0.15) is 19.4 Å². The van der Waals surface area contributed by atoms with E-state index in [9.17, 15) is 18.0 Å². The van der Waals surface area contributed by atoms with Crippen LogP contribution in [0.2, 0.25) is 10.0 Å². The van der Waals surface area contributed by atoms with E-state index in [1.54, 1.807) is 44.2 Å². The van der Waals surface area contributed by atoms with Crippen LogP contribution in [0.3, 0.4) is 0 Å². The highest BCUT2D eigenvalue weighted by Crippen LogP contribution is 2.40. The van der Waals surface area contributed by atoms with Crippen molar-refractivity contribution in [1.29, 1.82) is 0 Å². The van der Waals surface area contributed by atoms with Crippen LogP contribution < -0.4 is 9.47 Å². The van der Waals surface area contributed by atoms with E-state index in [4.69, 9.17) is 37.4 Å². The summed E-state index contributed by atoms with van der Waals surface area (Å²) >= 11 is 11.8. The summed E-state index contributed by atoms with van der Waals surface area (Å²) in [5.41, 5.74) is -1.01. The lowest BCUT2D eigenvalue weighted by molar-refractivity contribution is -0.157. The third-order valence-electron chi connectivity index (χ3n) is 3.34. The zero-order chi connectivity index (χ0) is 20.9. The lowest BCUT2D eigenvalue weighted by Gasteiger charge is -2.21. The van der Waals surface area contributed by atoms with Crippen LogP contribution in [-0.4, -0.2) is 24.8 Å². The van der Waals surface area contributed by atoms with Crippen molar-refractivity contribution in [2.24, 2.45) is 0 Å². The molecule has 2 aromatic carbocycles. The zero-order valence-electron chi connectivity index (χ0n) is 14.9. The Morgan fingerprint density at radius 3 is 2.14 bits per heavy atom. The van der Waals surface area contributed by atoms with E-state index in [-0.39, 0.29) is 22.4 Å². The van der Waals surface area contributed by atoms with Crippen LogP contribution in [0, 0.1) is 0 Å². The molecule has 0 heterocycles. The van der Waals surface area contributed by atoms with E-state index in [0.717, 1.165) is 0 Å². The number of carbonyl (C=O) groups is 1. The minimum atomic E-state index is -4.61. The third-order valence-corrected chi connectivity index (χ3v) is 3.90. The molecule has 0 fully saturated rings. The van der Waals surface area contributed by atoms with Crippen LogP contribution in [0.25, 0.3) is 0 Å². The molecule has 0 aliphatic rings. The Labute approximate surface area is 170 Å². The summed E-state index contributed by atoms with van der Waals surface area (Å²) in [7, 11) is 0.